The summed E-state index contributed by atoms with van der Waals surface area (Å²) in [6.07, 6.45) is 0. The van der Waals surface area contributed by atoms with Gasteiger partial charge in [-0.1, -0.05) is 0 Å². The van der Waals surface area contributed by atoms with E-state index in [1.807, 2.05) is 0 Å². The van der Waals surface area contributed by atoms with Gasteiger partial charge >= 0.3 is 42.5 Å². The second kappa shape index (κ2) is 130. The van der Waals surface area contributed by atoms with E-state index in [0.29, 0.717) is 0 Å². The third-order valence-electron chi connectivity index (χ3n) is 0. The summed E-state index contributed by atoms with van der Waals surface area (Å²) in [7, 11) is 0. The third kappa shape index (κ3) is 70.1. The van der Waals surface area contributed by atoms with Gasteiger partial charge in [0, 0.05) is 0 Å². The van der Waals surface area contributed by atoms with E-state index >= 15 is 0 Å². The van der Waals surface area contributed by atoms with Gasteiger partial charge in [0.2, 0.25) is 0 Å². The molecule has 0 atom stereocenters. The largest absolute Gasteiger partial charge is 2.00 e. The summed E-state index contributed by atoms with van der Waals surface area (Å²) in [5.74, 6) is 0. The Balaban J connectivity index is 0. The average molecular weight is 166 g/mol. The van der Waals surface area contributed by atoms with Gasteiger partial charge in [-0.3, -0.25) is 0 Å². The third-order valence-corrected chi connectivity index (χ3v) is 0. The van der Waals surface area contributed by atoms with Crippen molar-refractivity contribution >= 4 is 23.1 Å². The first-order valence-corrected chi connectivity index (χ1v) is 0. The molecule has 0 spiro atoms. The first-order valence-electron chi connectivity index (χ1n) is 0. The first-order chi connectivity index (χ1) is 0. The molecule has 6 heavy (non-hydrogen) atoms. The minimum absolute atomic E-state index is 0. The minimum atomic E-state index is 0. The van der Waals surface area contributed by atoms with Crippen LogP contribution in [0.3, 0.4) is 0 Å². The first kappa shape index (κ1) is 216. The zero-order valence-electron chi connectivity index (χ0n) is 2.93. The fraction of sp³-hybridized carbons (Fsp3) is 0. The normalized spacial score (nSPS) is 0. The fourth-order valence-corrected chi connectivity index (χ4v) is 0. The van der Waals surface area contributed by atoms with Crippen LogP contribution in [0.1, 0.15) is 0 Å². The van der Waals surface area contributed by atoms with Gasteiger partial charge in [0.1, 0.15) is 0 Å². The second-order valence-corrected chi connectivity index (χ2v) is 0. The molecule has 0 aliphatic carbocycles. The van der Waals surface area contributed by atoms with E-state index in [4.69, 9.17) is 0 Å². The van der Waals surface area contributed by atoms with Crippen LogP contribution in [0.5, 0.6) is 0 Å². The van der Waals surface area contributed by atoms with Crippen molar-refractivity contribution in [1.82, 2.24) is 0 Å². The van der Waals surface area contributed by atoms with Gasteiger partial charge in [-0.25, -0.2) is 0 Å². The molecule has 0 amide bonds. The molecule has 0 unspecified atom stereocenters. The molecule has 0 bridgehead atoms. The van der Waals surface area contributed by atoms with Gasteiger partial charge in [0.25, 0.3) is 0 Å². The number of hydrogen-bond acceptors (Lipinski definition) is 0. The maximum Gasteiger partial charge on any atom is 2.00 e. The standard InChI is InChI=1S/4FH.Mg.Zn/h4*1H;;/q;;;;2*+2/p-4. The molecular formula is F4MgZn. The van der Waals surface area contributed by atoms with E-state index in [1.54, 1.807) is 0 Å². The zero-order chi connectivity index (χ0) is 0. The van der Waals surface area contributed by atoms with Crippen LogP contribution in [0.15, 0.2) is 0 Å². The molecule has 0 saturated carbocycles. The maximum atomic E-state index is 0. The van der Waals surface area contributed by atoms with Crippen LogP contribution < -0.4 is 18.8 Å². The molecule has 0 heterocycles. The molecule has 0 nitrogen and oxygen atoms in total. The Morgan fingerprint density at radius 2 is 0.500 bits per heavy atom. The Kier molecular flexibility index (Phi) is 4650. The van der Waals surface area contributed by atoms with Crippen LogP contribution in [0.25, 0.3) is 0 Å². The van der Waals surface area contributed by atoms with Crippen LogP contribution >= 0.6 is 0 Å². The monoisotopic (exact) mass is 164 g/mol. The number of rotatable bonds is 0. The predicted octanol–water partition coefficient (Wildman–Crippen LogP) is -12.4. The summed E-state index contributed by atoms with van der Waals surface area (Å²) in [5.41, 5.74) is 0. The summed E-state index contributed by atoms with van der Waals surface area (Å²) in [6, 6.07) is 0. The molecule has 0 radical (unpaired) electrons. The predicted molar refractivity (Wildman–Crippen MR) is 5.75 cm³/mol. The van der Waals surface area contributed by atoms with Crippen LogP contribution in [-0.4, -0.2) is 23.1 Å². The quantitative estimate of drug-likeness (QED) is 0.247. The summed E-state index contributed by atoms with van der Waals surface area (Å²) >= 11 is 0. The molecule has 0 aromatic carbocycles. The maximum absolute atomic E-state index is 0. The Morgan fingerprint density at radius 3 is 0.500 bits per heavy atom. The molecule has 0 fully saturated rings. The smallest absolute Gasteiger partial charge is 1.00 e. The summed E-state index contributed by atoms with van der Waals surface area (Å²) in [4.78, 5) is 0. The minimum Gasteiger partial charge on any atom is -1.00 e. The van der Waals surface area contributed by atoms with Gasteiger partial charge in [-0.2, -0.15) is 0 Å². The van der Waals surface area contributed by atoms with Gasteiger partial charge in [0.05, 0.1) is 0 Å². The average Bonchev–Trinajstić information content (AvgIpc) is 0. The fourth-order valence-electron chi connectivity index (χ4n) is 0. The topological polar surface area (TPSA) is 0 Å². The molecule has 0 aromatic rings. The zero-order valence-corrected chi connectivity index (χ0v) is 7.31. The van der Waals surface area contributed by atoms with E-state index in [9.17, 15) is 0 Å². The summed E-state index contributed by atoms with van der Waals surface area (Å²) in [5, 5.41) is 0. The second-order valence-electron chi connectivity index (χ2n) is 0. The van der Waals surface area contributed by atoms with Crippen molar-refractivity contribution in [2.45, 2.75) is 0 Å². The molecule has 6 heteroatoms. The van der Waals surface area contributed by atoms with Gasteiger partial charge in [-0.15, -0.1) is 0 Å². The molecular weight excluding hydrogens is 166 g/mol. The summed E-state index contributed by atoms with van der Waals surface area (Å²) in [6.45, 7) is 0. The molecule has 32 valence electrons. The van der Waals surface area contributed by atoms with Crippen molar-refractivity contribution in [3.8, 4) is 0 Å². The molecule has 0 rings (SSSR count). The van der Waals surface area contributed by atoms with Crippen molar-refractivity contribution in [3.05, 3.63) is 0 Å². The Labute approximate surface area is 61.4 Å². The van der Waals surface area contributed by atoms with E-state index in [-0.39, 0.29) is 61.3 Å². The number of hydrogen-bond donors (Lipinski definition) is 0. The van der Waals surface area contributed by atoms with Crippen molar-refractivity contribution in [1.29, 1.82) is 0 Å². The van der Waals surface area contributed by atoms with E-state index in [1.165, 1.54) is 0 Å². The SMILES string of the molecule is [F-].[F-].[F-].[F-].[Mg+2].[Zn+2]. The van der Waals surface area contributed by atoms with E-state index < -0.39 is 0 Å². The van der Waals surface area contributed by atoms with Crippen molar-refractivity contribution in [2.75, 3.05) is 0 Å². The number of halogens is 4. The molecule has 0 aromatic heterocycles. The molecule has 0 saturated heterocycles. The Morgan fingerprint density at radius 1 is 0.500 bits per heavy atom. The molecule has 0 aliphatic rings. The van der Waals surface area contributed by atoms with E-state index in [0.717, 1.165) is 0 Å². The van der Waals surface area contributed by atoms with Gasteiger partial charge in [-0.05, 0) is 0 Å². The Bertz CT molecular complexity index is 7.51. The van der Waals surface area contributed by atoms with Crippen LogP contribution in [0.4, 0.5) is 0 Å². The Hall–Kier alpha value is 1.11. The van der Waals surface area contributed by atoms with Crippen LogP contribution in [-0.2, 0) is 19.5 Å². The molecule has 0 aliphatic heterocycles. The van der Waals surface area contributed by atoms with E-state index in [2.05, 4.69) is 0 Å². The van der Waals surface area contributed by atoms with Gasteiger partial charge in [0.15, 0.2) is 0 Å². The van der Waals surface area contributed by atoms with Crippen molar-refractivity contribution in [3.63, 3.8) is 0 Å². The van der Waals surface area contributed by atoms with Crippen LogP contribution in [0, 0.1) is 0 Å². The van der Waals surface area contributed by atoms with Crippen molar-refractivity contribution < 1.29 is 38.3 Å². The van der Waals surface area contributed by atoms with Crippen LogP contribution in [0.2, 0.25) is 0 Å². The summed E-state index contributed by atoms with van der Waals surface area (Å²) < 4.78 is 0. The van der Waals surface area contributed by atoms with Crippen molar-refractivity contribution in [2.24, 2.45) is 0 Å². The van der Waals surface area contributed by atoms with Gasteiger partial charge < -0.3 is 18.8 Å². The molecule has 0 N–H and O–H groups in total.